The number of amides is 3. The Balaban J connectivity index is 1.85. The predicted molar refractivity (Wildman–Crippen MR) is 177 cm³/mol. The lowest BCUT2D eigenvalue weighted by Gasteiger charge is -2.29. The van der Waals surface area contributed by atoms with Crippen molar-refractivity contribution in [1.82, 2.24) is 19.9 Å². The van der Waals surface area contributed by atoms with Gasteiger partial charge >= 0.3 is 18.3 Å². The van der Waals surface area contributed by atoms with Gasteiger partial charge in [0.1, 0.15) is 23.1 Å². The third kappa shape index (κ3) is 8.81. The van der Waals surface area contributed by atoms with Gasteiger partial charge in [0.05, 0.1) is 41.5 Å². The van der Waals surface area contributed by atoms with Crippen LogP contribution in [0.2, 0.25) is 10.0 Å². The Morgan fingerprint density at radius 3 is 2.25 bits per heavy atom. The van der Waals surface area contributed by atoms with Crippen LogP contribution in [-0.4, -0.2) is 62.5 Å². The zero-order chi connectivity index (χ0) is 35.6. The van der Waals surface area contributed by atoms with E-state index >= 15 is 0 Å². The Hall–Kier alpha value is -4.23. The zero-order valence-corrected chi connectivity index (χ0v) is 29.5. The fourth-order valence-electron chi connectivity index (χ4n) is 4.66. The molecule has 12 nitrogen and oxygen atoms in total. The van der Waals surface area contributed by atoms with Crippen molar-refractivity contribution < 1.29 is 37.7 Å². The summed E-state index contributed by atoms with van der Waals surface area (Å²) in [4.78, 5) is 55.4. The minimum absolute atomic E-state index is 0.110. The molecule has 3 heterocycles. The number of anilines is 1. The van der Waals surface area contributed by atoms with Gasteiger partial charge in [-0.15, -0.1) is 0 Å². The molecule has 1 aromatic carbocycles. The molecule has 0 fully saturated rings. The number of imide groups is 1. The minimum atomic E-state index is -1.08. The Morgan fingerprint density at radius 2 is 1.65 bits per heavy atom. The lowest BCUT2D eigenvalue weighted by Crippen LogP contribution is -2.44. The summed E-state index contributed by atoms with van der Waals surface area (Å²) < 4.78 is 37.0. The topological polar surface area (TPSA) is 133 Å². The minimum Gasteiger partial charge on any atom is -0.482 e. The molecule has 0 saturated carbocycles. The zero-order valence-electron chi connectivity index (χ0n) is 28.0. The summed E-state index contributed by atoms with van der Waals surface area (Å²) in [5, 5.41) is -0.133. The number of hydrogen-bond acceptors (Lipinski definition) is 10. The molecule has 0 saturated heterocycles. The number of rotatable bonds is 6. The van der Waals surface area contributed by atoms with E-state index in [2.05, 4.69) is 9.97 Å². The lowest BCUT2D eigenvalue weighted by atomic mass is 10.1. The SMILES string of the molecule is CCOC(=O)N1CCc2ncc(-c3cnc(N(C(=O)OC(C)(C)C)C(=O)OC(C)(C)C)c(O[C@H](C)c4c(Cl)ccc(F)c4Cl)c3)nc2C1. The number of halogens is 3. The third-order valence-electron chi connectivity index (χ3n) is 6.70. The largest absolute Gasteiger partial charge is 0.482 e. The van der Waals surface area contributed by atoms with Crippen LogP contribution in [0.15, 0.2) is 30.6 Å². The van der Waals surface area contributed by atoms with Crippen molar-refractivity contribution in [2.45, 2.75) is 85.7 Å². The number of fused-ring (bicyclic) bond motifs is 1. The van der Waals surface area contributed by atoms with Crippen molar-refractivity contribution in [3.63, 3.8) is 0 Å². The van der Waals surface area contributed by atoms with Crippen LogP contribution in [-0.2, 0) is 27.2 Å². The van der Waals surface area contributed by atoms with Crippen LogP contribution in [0.25, 0.3) is 11.3 Å². The van der Waals surface area contributed by atoms with Crippen LogP contribution in [0.4, 0.5) is 24.6 Å². The highest BCUT2D eigenvalue weighted by Gasteiger charge is 2.36. The number of nitrogens with zero attached hydrogens (tertiary/aromatic N) is 5. The van der Waals surface area contributed by atoms with Gasteiger partial charge in [0.25, 0.3) is 0 Å². The van der Waals surface area contributed by atoms with Crippen molar-refractivity contribution >= 4 is 47.3 Å². The molecule has 1 aliphatic heterocycles. The highest BCUT2D eigenvalue weighted by Crippen LogP contribution is 2.39. The van der Waals surface area contributed by atoms with Gasteiger partial charge in [-0.1, -0.05) is 23.2 Å². The van der Waals surface area contributed by atoms with Crippen molar-refractivity contribution in [2.24, 2.45) is 0 Å². The first kappa shape index (κ1) is 36.6. The molecule has 3 aromatic rings. The van der Waals surface area contributed by atoms with Crippen LogP contribution < -0.4 is 9.64 Å². The molecule has 258 valence electrons. The molecule has 3 amide bonds. The van der Waals surface area contributed by atoms with E-state index in [1.54, 1.807) is 61.6 Å². The van der Waals surface area contributed by atoms with E-state index in [0.29, 0.717) is 34.8 Å². The van der Waals surface area contributed by atoms with Crippen LogP contribution in [0, 0.1) is 5.82 Å². The summed E-state index contributed by atoms with van der Waals surface area (Å²) in [5.41, 5.74) is 0.172. The van der Waals surface area contributed by atoms with E-state index in [-0.39, 0.29) is 40.3 Å². The number of carbonyl (C=O) groups is 3. The van der Waals surface area contributed by atoms with Gasteiger partial charge in [-0.2, -0.15) is 4.90 Å². The maximum absolute atomic E-state index is 14.5. The van der Waals surface area contributed by atoms with E-state index < -0.39 is 41.4 Å². The van der Waals surface area contributed by atoms with Crippen molar-refractivity contribution in [3.05, 3.63) is 63.4 Å². The Kier molecular flexibility index (Phi) is 11.0. The summed E-state index contributed by atoms with van der Waals surface area (Å²) >= 11 is 12.7. The molecule has 4 rings (SSSR count). The van der Waals surface area contributed by atoms with Gasteiger partial charge in [0, 0.05) is 35.3 Å². The molecule has 1 aliphatic rings. The second-order valence-electron chi connectivity index (χ2n) is 12.9. The van der Waals surface area contributed by atoms with Gasteiger partial charge in [-0.3, -0.25) is 4.98 Å². The highest BCUT2D eigenvalue weighted by atomic mass is 35.5. The van der Waals surface area contributed by atoms with Crippen LogP contribution >= 0.6 is 23.2 Å². The number of aromatic nitrogens is 3. The van der Waals surface area contributed by atoms with Gasteiger partial charge in [0.2, 0.25) is 0 Å². The average Bonchev–Trinajstić information content (AvgIpc) is 2.97. The fraction of sp³-hybridized carbons (Fsp3) is 0.455. The quantitative estimate of drug-likeness (QED) is 0.182. The highest BCUT2D eigenvalue weighted by molar-refractivity contribution is 6.36. The van der Waals surface area contributed by atoms with Crippen LogP contribution in [0.1, 0.15) is 78.4 Å². The normalized spacial score (nSPS) is 13.7. The maximum Gasteiger partial charge on any atom is 0.425 e. The van der Waals surface area contributed by atoms with Crippen molar-refractivity contribution in [1.29, 1.82) is 0 Å². The first-order chi connectivity index (χ1) is 22.4. The smallest absolute Gasteiger partial charge is 0.425 e. The third-order valence-corrected chi connectivity index (χ3v) is 7.41. The monoisotopic (exact) mass is 705 g/mol. The molecule has 0 aliphatic carbocycles. The Labute approximate surface area is 288 Å². The van der Waals surface area contributed by atoms with Crippen LogP contribution in [0.3, 0.4) is 0 Å². The number of hydrogen-bond donors (Lipinski definition) is 0. The molecule has 0 unspecified atom stereocenters. The summed E-state index contributed by atoms with van der Waals surface area (Å²) in [5.74, 6) is -1.11. The van der Waals surface area contributed by atoms with E-state index in [4.69, 9.17) is 47.1 Å². The molecule has 1 atom stereocenters. The Morgan fingerprint density at radius 1 is 1.00 bits per heavy atom. The molecule has 15 heteroatoms. The number of carbonyl (C=O) groups excluding carboxylic acids is 3. The molecule has 0 radical (unpaired) electrons. The van der Waals surface area contributed by atoms with Gasteiger partial charge in [-0.05, 0) is 73.6 Å². The molecule has 2 aromatic heterocycles. The fourth-order valence-corrected chi connectivity index (χ4v) is 5.34. The van der Waals surface area contributed by atoms with Gasteiger partial charge < -0.3 is 23.8 Å². The second kappa shape index (κ2) is 14.5. The summed E-state index contributed by atoms with van der Waals surface area (Å²) in [6.45, 7) is 14.0. The number of ether oxygens (including phenoxy) is 4. The van der Waals surface area contributed by atoms with E-state index in [9.17, 15) is 18.8 Å². The second-order valence-corrected chi connectivity index (χ2v) is 13.7. The lowest BCUT2D eigenvalue weighted by molar-refractivity contribution is 0.0426. The summed E-state index contributed by atoms with van der Waals surface area (Å²) in [6, 6.07) is 3.95. The summed E-state index contributed by atoms with van der Waals surface area (Å²) in [7, 11) is 0. The van der Waals surface area contributed by atoms with Gasteiger partial charge in [0.15, 0.2) is 11.6 Å². The maximum atomic E-state index is 14.5. The van der Waals surface area contributed by atoms with E-state index in [1.165, 1.54) is 23.2 Å². The summed E-state index contributed by atoms with van der Waals surface area (Å²) in [6.07, 6.45) is -0.219. The Bertz CT molecular complexity index is 1680. The molecular formula is C33H38Cl2FN5O7. The number of pyridine rings is 1. The van der Waals surface area contributed by atoms with Gasteiger partial charge in [-0.25, -0.2) is 28.7 Å². The number of benzene rings is 1. The first-order valence-corrected chi connectivity index (χ1v) is 16.0. The predicted octanol–water partition coefficient (Wildman–Crippen LogP) is 8.32. The van der Waals surface area contributed by atoms with Crippen LogP contribution in [0.5, 0.6) is 5.75 Å². The van der Waals surface area contributed by atoms with Crippen molar-refractivity contribution in [3.8, 4) is 17.0 Å². The molecule has 48 heavy (non-hydrogen) atoms. The van der Waals surface area contributed by atoms with Crippen molar-refractivity contribution in [2.75, 3.05) is 18.1 Å². The average molecular weight is 707 g/mol. The van der Waals surface area contributed by atoms with E-state index in [0.717, 1.165) is 11.8 Å². The van der Waals surface area contributed by atoms with E-state index in [1.807, 2.05) is 0 Å². The standard InChI is InChI=1S/C33H38Cl2FN5O7/c1-9-45-29(42)40-13-12-22-24(17-40)39-23(16-37-22)19-14-25(46-18(2)26-20(34)10-11-21(36)27(26)35)28(38-15-19)41(30(43)47-32(3,4)5)31(44)48-33(6,7)8/h10-11,14-16,18H,9,12-13,17H2,1-8H3/t18-/m1/s1. The molecular weight excluding hydrogens is 668 g/mol. The molecule has 0 N–H and O–H groups in total. The first-order valence-electron chi connectivity index (χ1n) is 15.2. The molecule has 0 bridgehead atoms. The molecule has 0 spiro atoms.